The molecule has 3 nitrogen and oxygen atoms in total. The van der Waals surface area contributed by atoms with Gasteiger partial charge in [0.25, 0.3) is 0 Å². The minimum atomic E-state index is -0.957. The van der Waals surface area contributed by atoms with Crippen LogP contribution in [0.5, 0.6) is 0 Å². The molecule has 4 heteroatoms. The molecule has 110 valence electrons. The molecule has 21 heavy (non-hydrogen) atoms. The largest absolute Gasteiger partial charge is 0.480 e. The molecule has 0 amide bonds. The molecule has 1 atom stereocenters. The number of carboxylic acids is 1. The number of hydrogen-bond acceptors (Lipinski definition) is 2. The highest BCUT2D eigenvalue weighted by Crippen LogP contribution is 2.35. The van der Waals surface area contributed by atoms with E-state index < -0.39 is 12.0 Å². The van der Waals surface area contributed by atoms with E-state index in [1.54, 1.807) is 0 Å². The lowest BCUT2D eigenvalue weighted by Gasteiger charge is -2.23. The van der Waals surface area contributed by atoms with Crippen molar-refractivity contribution < 1.29 is 9.90 Å². The Balaban J connectivity index is 0.00000161. The van der Waals surface area contributed by atoms with Gasteiger partial charge < -0.3 is 10.8 Å². The predicted molar refractivity (Wildman–Crippen MR) is 85.0 cm³/mol. The van der Waals surface area contributed by atoms with E-state index in [-0.39, 0.29) is 18.3 Å². The molecular weight excluding hydrogens is 286 g/mol. The third-order valence-electron chi connectivity index (χ3n) is 4.09. The van der Waals surface area contributed by atoms with Crippen LogP contribution in [0.1, 0.15) is 28.2 Å². The molecule has 1 aliphatic rings. The summed E-state index contributed by atoms with van der Waals surface area (Å²) in [5, 5.41) is 9.35. The van der Waals surface area contributed by atoms with E-state index in [9.17, 15) is 9.90 Å². The minimum Gasteiger partial charge on any atom is -0.480 e. The SMILES string of the molecule is Cl.NC(C(=O)O)C1c2ccccc2CCc2ccccc21. The summed E-state index contributed by atoms with van der Waals surface area (Å²) >= 11 is 0. The van der Waals surface area contributed by atoms with Crippen molar-refractivity contribution in [3.8, 4) is 0 Å². The summed E-state index contributed by atoms with van der Waals surface area (Å²) in [5.41, 5.74) is 10.5. The fourth-order valence-electron chi connectivity index (χ4n) is 3.10. The number of halogens is 1. The predicted octanol–water partition coefficient (Wildman–Crippen LogP) is 2.75. The van der Waals surface area contributed by atoms with Gasteiger partial charge in [-0.3, -0.25) is 4.79 Å². The monoisotopic (exact) mass is 303 g/mol. The Morgan fingerprint density at radius 2 is 1.43 bits per heavy atom. The molecule has 1 aliphatic carbocycles. The number of hydrogen-bond donors (Lipinski definition) is 2. The molecule has 0 aliphatic heterocycles. The number of aryl methyl sites for hydroxylation is 2. The molecule has 3 N–H and O–H groups in total. The van der Waals surface area contributed by atoms with Gasteiger partial charge in [-0.1, -0.05) is 48.5 Å². The van der Waals surface area contributed by atoms with Crippen LogP contribution in [0.3, 0.4) is 0 Å². The van der Waals surface area contributed by atoms with E-state index in [0.29, 0.717) is 0 Å². The van der Waals surface area contributed by atoms with Gasteiger partial charge in [-0.25, -0.2) is 0 Å². The molecule has 0 fully saturated rings. The molecular formula is C17H18ClNO2. The fraction of sp³-hybridized carbons (Fsp3) is 0.235. The van der Waals surface area contributed by atoms with Crippen LogP contribution in [0.15, 0.2) is 48.5 Å². The summed E-state index contributed by atoms with van der Waals surface area (Å²) in [6, 6.07) is 15.1. The normalized spacial score (nSPS) is 15.1. The Bertz CT molecular complexity index is 609. The Hall–Kier alpha value is -1.84. The summed E-state index contributed by atoms with van der Waals surface area (Å²) in [5.74, 6) is -1.23. The maximum Gasteiger partial charge on any atom is 0.321 e. The van der Waals surface area contributed by atoms with Gasteiger partial charge in [-0.15, -0.1) is 12.4 Å². The van der Waals surface area contributed by atoms with Crippen molar-refractivity contribution in [3.63, 3.8) is 0 Å². The Labute approximate surface area is 130 Å². The lowest BCUT2D eigenvalue weighted by atomic mass is 9.83. The summed E-state index contributed by atoms with van der Waals surface area (Å²) in [4.78, 5) is 11.4. The molecule has 3 rings (SSSR count). The first-order valence-corrected chi connectivity index (χ1v) is 6.82. The van der Waals surface area contributed by atoms with Gasteiger partial charge >= 0.3 is 5.97 Å². The molecule has 0 spiro atoms. The molecule has 0 heterocycles. The van der Waals surface area contributed by atoms with E-state index in [1.807, 2.05) is 36.4 Å². The number of nitrogens with two attached hydrogens (primary N) is 1. The topological polar surface area (TPSA) is 63.3 Å². The van der Waals surface area contributed by atoms with Crippen molar-refractivity contribution in [1.82, 2.24) is 0 Å². The zero-order valence-corrected chi connectivity index (χ0v) is 12.3. The van der Waals surface area contributed by atoms with Gasteiger partial charge in [0.2, 0.25) is 0 Å². The van der Waals surface area contributed by atoms with Gasteiger partial charge in [0, 0.05) is 5.92 Å². The third kappa shape index (κ3) is 2.80. The van der Waals surface area contributed by atoms with Crippen LogP contribution < -0.4 is 5.73 Å². The molecule has 0 aromatic heterocycles. The second kappa shape index (κ2) is 6.29. The first-order valence-electron chi connectivity index (χ1n) is 6.82. The first kappa shape index (κ1) is 15.5. The second-order valence-electron chi connectivity index (χ2n) is 5.24. The second-order valence-corrected chi connectivity index (χ2v) is 5.24. The van der Waals surface area contributed by atoms with Crippen LogP contribution in [0, 0.1) is 0 Å². The van der Waals surface area contributed by atoms with Crippen molar-refractivity contribution in [2.45, 2.75) is 24.8 Å². The summed E-state index contributed by atoms with van der Waals surface area (Å²) in [6.45, 7) is 0. The number of carbonyl (C=O) groups is 1. The summed E-state index contributed by atoms with van der Waals surface area (Å²) in [6.07, 6.45) is 1.85. The number of aliphatic carboxylic acids is 1. The number of fused-ring (bicyclic) bond motifs is 2. The van der Waals surface area contributed by atoms with Gasteiger partial charge in [0.1, 0.15) is 6.04 Å². The molecule has 0 bridgehead atoms. The summed E-state index contributed by atoms with van der Waals surface area (Å²) in [7, 11) is 0. The summed E-state index contributed by atoms with van der Waals surface area (Å²) < 4.78 is 0. The molecule has 2 aromatic rings. The van der Waals surface area contributed by atoms with Gasteiger partial charge in [-0.05, 0) is 35.1 Å². The van der Waals surface area contributed by atoms with Crippen molar-refractivity contribution >= 4 is 18.4 Å². The highest BCUT2D eigenvalue weighted by Gasteiger charge is 2.31. The lowest BCUT2D eigenvalue weighted by Crippen LogP contribution is -2.37. The van der Waals surface area contributed by atoms with E-state index in [0.717, 1.165) is 24.0 Å². The smallest absolute Gasteiger partial charge is 0.321 e. The standard InChI is InChI=1S/C17H17NO2.ClH/c18-16(17(19)20)15-13-7-3-1-5-11(13)9-10-12-6-2-4-8-14(12)15;/h1-8,15-16H,9-10,18H2,(H,19,20);1H. The molecule has 2 aromatic carbocycles. The van der Waals surface area contributed by atoms with Gasteiger partial charge in [0.15, 0.2) is 0 Å². The van der Waals surface area contributed by atoms with Crippen LogP contribution in [0.25, 0.3) is 0 Å². The minimum absolute atomic E-state index is 0. The van der Waals surface area contributed by atoms with Crippen LogP contribution in [0.2, 0.25) is 0 Å². The number of rotatable bonds is 2. The maximum atomic E-state index is 11.4. The number of benzene rings is 2. The zero-order chi connectivity index (χ0) is 14.1. The average Bonchev–Trinajstić information content (AvgIpc) is 2.63. The van der Waals surface area contributed by atoms with E-state index in [4.69, 9.17) is 5.73 Å². The van der Waals surface area contributed by atoms with Gasteiger partial charge in [0.05, 0.1) is 0 Å². The highest BCUT2D eigenvalue weighted by molar-refractivity contribution is 5.85. The molecule has 0 radical (unpaired) electrons. The molecule has 0 saturated carbocycles. The van der Waals surface area contributed by atoms with Crippen molar-refractivity contribution in [2.75, 3.05) is 0 Å². The van der Waals surface area contributed by atoms with Crippen molar-refractivity contribution in [2.24, 2.45) is 5.73 Å². The lowest BCUT2D eigenvalue weighted by molar-refractivity contribution is -0.138. The molecule has 1 unspecified atom stereocenters. The van der Waals surface area contributed by atoms with Crippen LogP contribution in [0.4, 0.5) is 0 Å². The third-order valence-corrected chi connectivity index (χ3v) is 4.09. The Kier molecular flexibility index (Phi) is 4.66. The van der Waals surface area contributed by atoms with Crippen LogP contribution in [-0.2, 0) is 17.6 Å². The van der Waals surface area contributed by atoms with Crippen molar-refractivity contribution in [1.29, 1.82) is 0 Å². The maximum absolute atomic E-state index is 11.4. The first-order chi connectivity index (χ1) is 9.68. The fourth-order valence-corrected chi connectivity index (χ4v) is 3.10. The van der Waals surface area contributed by atoms with Gasteiger partial charge in [-0.2, -0.15) is 0 Å². The van der Waals surface area contributed by atoms with Crippen molar-refractivity contribution in [3.05, 3.63) is 70.8 Å². The highest BCUT2D eigenvalue weighted by atomic mass is 35.5. The Morgan fingerprint density at radius 3 is 1.86 bits per heavy atom. The Morgan fingerprint density at radius 1 is 1.00 bits per heavy atom. The number of carboxylic acid groups (broad SMARTS) is 1. The van der Waals surface area contributed by atoms with E-state index >= 15 is 0 Å². The van der Waals surface area contributed by atoms with Crippen LogP contribution >= 0.6 is 12.4 Å². The average molecular weight is 304 g/mol. The quantitative estimate of drug-likeness (QED) is 0.896. The van der Waals surface area contributed by atoms with E-state index in [2.05, 4.69) is 12.1 Å². The zero-order valence-electron chi connectivity index (χ0n) is 11.5. The van der Waals surface area contributed by atoms with E-state index in [1.165, 1.54) is 11.1 Å². The van der Waals surface area contributed by atoms with Crippen LogP contribution in [-0.4, -0.2) is 17.1 Å². The molecule has 0 saturated heterocycles.